The van der Waals surface area contributed by atoms with Crippen LogP contribution in [0.1, 0.15) is 25.7 Å². The van der Waals surface area contributed by atoms with Crippen LogP contribution < -0.4 is 31.6 Å². The molecule has 2 heterocycles. The highest BCUT2D eigenvalue weighted by molar-refractivity contribution is 6.30. The largest absolute Gasteiger partial charge is 0.452 e. The summed E-state index contributed by atoms with van der Waals surface area (Å²) in [6, 6.07) is 14.1. The highest BCUT2D eigenvalue weighted by atomic mass is 35.5. The maximum absolute atomic E-state index is 9.63. The third kappa shape index (κ3) is 9.21. The lowest BCUT2D eigenvalue weighted by atomic mass is 9.75. The molecular formula is C31H36Cl2N8O4. The van der Waals surface area contributed by atoms with Crippen LogP contribution in [-0.2, 0) is 0 Å². The Balaban J connectivity index is 0.000000178. The molecule has 0 aliphatic heterocycles. The Labute approximate surface area is 271 Å². The maximum atomic E-state index is 9.63. The lowest BCUT2D eigenvalue weighted by Gasteiger charge is -2.34. The third-order valence-corrected chi connectivity index (χ3v) is 8.19. The zero-order valence-corrected chi connectivity index (χ0v) is 26.0. The van der Waals surface area contributed by atoms with Gasteiger partial charge >= 0.3 is 0 Å². The molecule has 0 spiro atoms. The molecule has 2 fully saturated rings. The summed E-state index contributed by atoms with van der Waals surface area (Å²) in [4.78, 5) is 16.3. The number of aromatic nitrogens is 4. The maximum Gasteiger partial charge on any atom is 0.222 e. The molecular weight excluding hydrogens is 619 g/mol. The number of aliphatic hydroxyl groups is 2. The van der Waals surface area contributed by atoms with Gasteiger partial charge < -0.3 is 41.8 Å². The summed E-state index contributed by atoms with van der Waals surface area (Å²) in [7, 11) is 0. The van der Waals surface area contributed by atoms with Gasteiger partial charge in [-0.2, -0.15) is 9.97 Å². The van der Waals surface area contributed by atoms with Crippen molar-refractivity contribution in [3.05, 3.63) is 71.0 Å². The van der Waals surface area contributed by atoms with E-state index in [2.05, 4.69) is 30.6 Å². The van der Waals surface area contributed by atoms with Gasteiger partial charge in [0.25, 0.3) is 0 Å². The monoisotopic (exact) mass is 654 g/mol. The van der Waals surface area contributed by atoms with Gasteiger partial charge in [0.2, 0.25) is 11.9 Å². The predicted molar refractivity (Wildman–Crippen MR) is 175 cm³/mol. The SMILES string of the molecule is Nc1ncc(Oc2ccc(Cl)cc2)c(NCC2CC(CO)C2)n1.Nc1ncc(Oc2ccc(Cl)cc2)c(NC[C@@H]2CC[C@H]2O)n1. The van der Waals surface area contributed by atoms with Gasteiger partial charge in [-0.15, -0.1) is 0 Å². The summed E-state index contributed by atoms with van der Waals surface area (Å²) in [6.07, 6.45) is 6.74. The molecule has 2 aromatic carbocycles. The van der Waals surface area contributed by atoms with Gasteiger partial charge in [0.05, 0.1) is 18.5 Å². The Hall–Kier alpha value is -4.10. The van der Waals surface area contributed by atoms with E-state index in [-0.39, 0.29) is 30.5 Å². The summed E-state index contributed by atoms with van der Waals surface area (Å²) in [5.41, 5.74) is 11.3. The number of nitrogens with zero attached hydrogens (tertiary/aromatic N) is 4. The topological polar surface area (TPSA) is 187 Å². The second-order valence-corrected chi connectivity index (χ2v) is 11.9. The number of hydrogen-bond donors (Lipinski definition) is 6. The van der Waals surface area contributed by atoms with E-state index >= 15 is 0 Å². The first-order chi connectivity index (χ1) is 21.7. The van der Waals surface area contributed by atoms with Crippen molar-refractivity contribution in [3.63, 3.8) is 0 Å². The van der Waals surface area contributed by atoms with E-state index in [9.17, 15) is 5.11 Å². The molecule has 2 aromatic heterocycles. The van der Waals surface area contributed by atoms with Crippen molar-refractivity contribution in [1.29, 1.82) is 0 Å². The van der Waals surface area contributed by atoms with E-state index in [0.717, 1.165) is 32.2 Å². The molecule has 8 N–H and O–H groups in total. The zero-order valence-electron chi connectivity index (χ0n) is 24.4. The Morgan fingerprint density at radius 3 is 1.64 bits per heavy atom. The second-order valence-electron chi connectivity index (χ2n) is 11.0. The first kappa shape index (κ1) is 32.3. The first-order valence-corrected chi connectivity index (χ1v) is 15.4. The van der Waals surface area contributed by atoms with Crippen LogP contribution in [0.25, 0.3) is 0 Å². The van der Waals surface area contributed by atoms with Gasteiger partial charge in [0, 0.05) is 35.7 Å². The summed E-state index contributed by atoms with van der Waals surface area (Å²) in [5, 5.41) is 26.4. The molecule has 0 amide bonds. The fraction of sp³-hybridized carbons (Fsp3) is 0.355. The zero-order chi connectivity index (χ0) is 31.8. The molecule has 238 valence electrons. The summed E-state index contributed by atoms with van der Waals surface area (Å²) in [5.74, 6) is 4.91. The average Bonchev–Trinajstić information content (AvgIpc) is 3.01. The minimum atomic E-state index is -0.243. The van der Waals surface area contributed by atoms with Crippen LogP contribution >= 0.6 is 23.2 Å². The third-order valence-electron chi connectivity index (χ3n) is 7.69. The smallest absolute Gasteiger partial charge is 0.222 e. The number of benzene rings is 2. The molecule has 14 heteroatoms. The molecule has 4 aromatic rings. The number of nitrogen functional groups attached to an aromatic ring is 2. The van der Waals surface area contributed by atoms with E-state index in [1.165, 1.54) is 6.20 Å². The Morgan fingerprint density at radius 1 is 0.733 bits per heavy atom. The van der Waals surface area contributed by atoms with Crippen LogP contribution in [0.4, 0.5) is 23.5 Å². The van der Waals surface area contributed by atoms with Gasteiger partial charge in [0.1, 0.15) is 11.5 Å². The molecule has 0 unspecified atom stereocenters. The number of nitrogens with one attached hydrogen (secondary N) is 2. The number of ether oxygens (including phenoxy) is 2. The molecule has 2 aliphatic carbocycles. The quantitative estimate of drug-likeness (QED) is 0.117. The Bertz CT molecular complexity index is 1540. The number of hydrogen-bond acceptors (Lipinski definition) is 12. The Kier molecular flexibility index (Phi) is 11.0. The molecule has 0 bridgehead atoms. The van der Waals surface area contributed by atoms with Gasteiger partial charge in [0.15, 0.2) is 23.1 Å². The predicted octanol–water partition coefficient (Wildman–Crippen LogP) is 5.62. The summed E-state index contributed by atoms with van der Waals surface area (Å²) >= 11 is 11.7. The van der Waals surface area contributed by atoms with Crippen LogP contribution in [0.3, 0.4) is 0 Å². The van der Waals surface area contributed by atoms with Crippen molar-refractivity contribution in [2.24, 2.45) is 17.8 Å². The minimum Gasteiger partial charge on any atom is -0.452 e. The minimum absolute atomic E-state index is 0.167. The second kappa shape index (κ2) is 15.3. The van der Waals surface area contributed by atoms with E-state index < -0.39 is 0 Å². The van der Waals surface area contributed by atoms with Gasteiger partial charge in [-0.1, -0.05) is 23.2 Å². The number of anilines is 4. The van der Waals surface area contributed by atoms with Crippen LogP contribution in [0, 0.1) is 17.8 Å². The van der Waals surface area contributed by atoms with Gasteiger partial charge in [-0.05, 0) is 86.1 Å². The molecule has 6 rings (SSSR count). The number of halogens is 2. The molecule has 45 heavy (non-hydrogen) atoms. The van der Waals surface area contributed by atoms with E-state index in [4.69, 9.17) is 49.2 Å². The molecule has 2 aliphatic rings. The van der Waals surface area contributed by atoms with Crippen molar-refractivity contribution < 1.29 is 19.7 Å². The van der Waals surface area contributed by atoms with Gasteiger partial charge in [-0.25, -0.2) is 9.97 Å². The van der Waals surface area contributed by atoms with Crippen molar-refractivity contribution in [3.8, 4) is 23.0 Å². The highest BCUT2D eigenvalue weighted by Gasteiger charge is 2.29. The average molecular weight is 656 g/mol. The van der Waals surface area contributed by atoms with E-state index in [1.807, 2.05) is 0 Å². The fourth-order valence-corrected chi connectivity index (χ4v) is 5.13. The summed E-state index contributed by atoms with van der Waals surface area (Å²) < 4.78 is 11.6. The molecule has 12 nitrogen and oxygen atoms in total. The number of nitrogens with two attached hydrogens (primary N) is 2. The van der Waals surface area contributed by atoms with Crippen molar-refractivity contribution in [2.75, 3.05) is 41.8 Å². The van der Waals surface area contributed by atoms with Crippen molar-refractivity contribution in [1.82, 2.24) is 19.9 Å². The van der Waals surface area contributed by atoms with Crippen molar-refractivity contribution >= 4 is 46.7 Å². The first-order valence-electron chi connectivity index (χ1n) is 14.6. The van der Waals surface area contributed by atoms with E-state index in [0.29, 0.717) is 63.1 Å². The number of rotatable bonds is 11. The van der Waals surface area contributed by atoms with Crippen LogP contribution in [0.15, 0.2) is 60.9 Å². The lowest BCUT2D eigenvalue weighted by molar-refractivity contribution is 0.0314. The van der Waals surface area contributed by atoms with Crippen LogP contribution in [-0.4, -0.2) is 55.9 Å². The lowest BCUT2D eigenvalue weighted by Crippen LogP contribution is -2.36. The number of aliphatic hydroxyl groups excluding tert-OH is 2. The van der Waals surface area contributed by atoms with E-state index in [1.54, 1.807) is 54.7 Å². The Morgan fingerprint density at radius 2 is 1.22 bits per heavy atom. The molecule has 2 saturated carbocycles. The van der Waals surface area contributed by atoms with Gasteiger partial charge in [-0.3, -0.25) is 0 Å². The molecule has 0 saturated heterocycles. The molecule has 0 radical (unpaired) electrons. The van der Waals surface area contributed by atoms with Crippen LogP contribution in [0.5, 0.6) is 23.0 Å². The fourth-order valence-electron chi connectivity index (χ4n) is 4.88. The normalized spacial score (nSPS) is 20.1. The molecule has 2 atom stereocenters. The standard InChI is InChI=1S/C16H19ClN4O2.C15H17ClN4O2/c17-12-1-3-13(4-2-12)23-14-8-20-16(18)21-15(14)19-7-10-5-11(6-10)9-22;16-10-2-4-11(5-3-10)22-13-8-19-15(17)20-14(13)18-7-9-1-6-12(9)21/h1-4,8,10-11,22H,5-7,9H2,(H3,18,19,20,21);2-5,8-9,12,21H,1,6-7H2,(H3,17,18,19,20)/t;9-,12+/m.0/s1. The van der Waals surface area contributed by atoms with Crippen LogP contribution in [0.2, 0.25) is 10.0 Å². The highest BCUT2D eigenvalue weighted by Crippen LogP contribution is 2.35. The summed E-state index contributed by atoms with van der Waals surface area (Å²) in [6.45, 7) is 1.65. The van der Waals surface area contributed by atoms with Crippen molar-refractivity contribution in [2.45, 2.75) is 31.8 Å².